The quantitative estimate of drug-likeness (QED) is 0.331. The van der Waals surface area contributed by atoms with Crippen LogP contribution in [0.2, 0.25) is 0 Å². The summed E-state index contributed by atoms with van der Waals surface area (Å²) in [5, 5.41) is 0. The van der Waals surface area contributed by atoms with E-state index in [9.17, 15) is 4.79 Å². The zero-order chi connectivity index (χ0) is 15.2. The Kier molecular flexibility index (Phi) is 10.7. The van der Waals surface area contributed by atoms with Crippen molar-refractivity contribution in [2.24, 2.45) is 0 Å². The molecule has 0 N–H and O–H groups in total. The van der Waals surface area contributed by atoms with E-state index in [1.165, 1.54) is 64.2 Å². The van der Waals surface area contributed by atoms with Crippen LogP contribution in [0.3, 0.4) is 0 Å². The van der Waals surface area contributed by atoms with Crippen molar-refractivity contribution in [3.8, 4) is 0 Å². The molecule has 0 saturated carbocycles. The van der Waals surface area contributed by atoms with Crippen LogP contribution >= 0.6 is 0 Å². The third kappa shape index (κ3) is 9.38. The van der Waals surface area contributed by atoms with Gasteiger partial charge in [-0.05, 0) is 18.6 Å². The number of nitrogens with zero attached hydrogens (tertiary/aromatic N) is 1. The lowest BCUT2D eigenvalue weighted by atomic mass is 10.0. The highest BCUT2D eigenvalue weighted by Crippen LogP contribution is 2.12. The number of unbranched alkanes of at least 4 members (excludes halogenated alkanes) is 10. The largest absolute Gasteiger partial charge is 0.292 e. The smallest absolute Gasteiger partial charge is 0.181 e. The van der Waals surface area contributed by atoms with E-state index in [-0.39, 0.29) is 5.78 Å². The van der Waals surface area contributed by atoms with Gasteiger partial charge in [0.25, 0.3) is 0 Å². The summed E-state index contributed by atoms with van der Waals surface area (Å²) in [5.41, 5.74) is 0.615. The molecule has 21 heavy (non-hydrogen) atoms. The zero-order valence-electron chi connectivity index (χ0n) is 13.7. The van der Waals surface area contributed by atoms with Gasteiger partial charge < -0.3 is 0 Å². The predicted molar refractivity (Wildman–Crippen MR) is 89.6 cm³/mol. The van der Waals surface area contributed by atoms with Gasteiger partial charge in [-0.2, -0.15) is 0 Å². The summed E-state index contributed by atoms with van der Waals surface area (Å²) in [6.45, 7) is 2.26. The summed E-state index contributed by atoms with van der Waals surface area (Å²) >= 11 is 0. The number of aromatic nitrogens is 1. The Bertz CT molecular complexity index is 361. The van der Waals surface area contributed by atoms with Crippen LogP contribution in [-0.2, 0) is 0 Å². The maximum atomic E-state index is 11.8. The highest BCUT2D eigenvalue weighted by Gasteiger charge is 2.05. The standard InChI is InChI=1S/C19H31NO/c1-2-3-4-5-6-7-8-9-10-11-12-16-19(21)18-15-13-14-17-20-18/h13-15,17H,2-12,16H2,1H3. The van der Waals surface area contributed by atoms with Crippen LogP contribution in [0.4, 0.5) is 0 Å². The van der Waals surface area contributed by atoms with Crippen LogP contribution in [0.15, 0.2) is 24.4 Å². The Balaban J connectivity index is 1.88. The van der Waals surface area contributed by atoms with Gasteiger partial charge in [-0.1, -0.05) is 77.2 Å². The lowest BCUT2D eigenvalue weighted by Crippen LogP contribution is -2.01. The molecule has 0 aliphatic heterocycles. The summed E-state index contributed by atoms with van der Waals surface area (Å²) in [4.78, 5) is 15.9. The average Bonchev–Trinajstić information content (AvgIpc) is 2.53. The second-order valence-corrected chi connectivity index (χ2v) is 5.92. The van der Waals surface area contributed by atoms with Gasteiger partial charge >= 0.3 is 0 Å². The Morgan fingerprint density at radius 2 is 1.43 bits per heavy atom. The van der Waals surface area contributed by atoms with E-state index in [0.29, 0.717) is 12.1 Å². The molecule has 0 unspecified atom stereocenters. The fourth-order valence-electron chi connectivity index (χ4n) is 2.61. The lowest BCUT2D eigenvalue weighted by molar-refractivity contribution is 0.0974. The first-order valence-corrected chi connectivity index (χ1v) is 8.79. The summed E-state index contributed by atoms with van der Waals surface area (Å²) in [5.74, 6) is 0.187. The first-order valence-electron chi connectivity index (χ1n) is 8.79. The number of hydrogen-bond donors (Lipinski definition) is 0. The minimum Gasteiger partial charge on any atom is -0.292 e. The van der Waals surface area contributed by atoms with Crippen molar-refractivity contribution in [2.75, 3.05) is 0 Å². The normalized spacial score (nSPS) is 10.7. The minimum atomic E-state index is 0.187. The fourth-order valence-corrected chi connectivity index (χ4v) is 2.61. The maximum absolute atomic E-state index is 11.8. The molecule has 0 radical (unpaired) electrons. The third-order valence-electron chi connectivity index (χ3n) is 3.96. The molecule has 118 valence electrons. The van der Waals surface area contributed by atoms with Gasteiger partial charge in [-0.3, -0.25) is 9.78 Å². The molecule has 0 aliphatic rings. The number of hydrogen-bond acceptors (Lipinski definition) is 2. The maximum Gasteiger partial charge on any atom is 0.181 e. The number of Topliss-reactive ketones (excluding diaryl/α,β-unsaturated/α-hetero) is 1. The molecule has 0 fully saturated rings. The first-order chi connectivity index (χ1) is 10.3. The molecule has 0 spiro atoms. The Morgan fingerprint density at radius 1 is 0.857 bits per heavy atom. The molecule has 0 atom stereocenters. The molecule has 1 aromatic heterocycles. The van der Waals surface area contributed by atoms with Gasteiger partial charge in [-0.15, -0.1) is 0 Å². The SMILES string of the molecule is CCCCCCCCCCCCCC(=O)c1ccccn1. The second-order valence-electron chi connectivity index (χ2n) is 5.92. The van der Waals surface area contributed by atoms with Gasteiger partial charge in [-0.25, -0.2) is 0 Å². The van der Waals surface area contributed by atoms with Crippen LogP contribution in [0.1, 0.15) is 94.5 Å². The van der Waals surface area contributed by atoms with Crippen molar-refractivity contribution < 1.29 is 4.79 Å². The molecule has 0 bridgehead atoms. The van der Waals surface area contributed by atoms with Gasteiger partial charge in [0, 0.05) is 12.6 Å². The molecular formula is C19H31NO. The van der Waals surface area contributed by atoms with Crippen LogP contribution < -0.4 is 0 Å². The van der Waals surface area contributed by atoms with E-state index in [2.05, 4.69) is 11.9 Å². The van der Waals surface area contributed by atoms with Gasteiger partial charge in [0.15, 0.2) is 5.78 Å². The number of carbonyl (C=O) groups excluding carboxylic acids is 1. The molecule has 0 aliphatic carbocycles. The molecular weight excluding hydrogens is 258 g/mol. The second kappa shape index (κ2) is 12.6. The van der Waals surface area contributed by atoms with E-state index in [4.69, 9.17) is 0 Å². The minimum absolute atomic E-state index is 0.187. The van der Waals surface area contributed by atoms with E-state index >= 15 is 0 Å². The molecule has 2 nitrogen and oxygen atoms in total. The van der Waals surface area contributed by atoms with Crippen molar-refractivity contribution >= 4 is 5.78 Å². The average molecular weight is 289 g/mol. The van der Waals surface area contributed by atoms with Gasteiger partial charge in [0.2, 0.25) is 0 Å². The molecule has 0 saturated heterocycles. The first kappa shape index (κ1) is 17.9. The molecule has 1 heterocycles. The number of rotatable bonds is 13. The van der Waals surface area contributed by atoms with Crippen molar-refractivity contribution in [2.45, 2.75) is 84.0 Å². The van der Waals surface area contributed by atoms with Gasteiger partial charge in [0.1, 0.15) is 5.69 Å². The van der Waals surface area contributed by atoms with Crippen molar-refractivity contribution in [1.29, 1.82) is 0 Å². The van der Waals surface area contributed by atoms with E-state index in [1.54, 1.807) is 12.3 Å². The Labute approximate surface area is 130 Å². The predicted octanol–water partition coefficient (Wildman–Crippen LogP) is 5.97. The fraction of sp³-hybridized carbons (Fsp3) is 0.684. The molecule has 1 rings (SSSR count). The van der Waals surface area contributed by atoms with Crippen molar-refractivity contribution in [3.05, 3.63) is 30.1 Å². The highest BCUT2D eigenvalue weighted by atomic mass is 16.1. The topological polar surface area (TPSA) is 30.0 Å². The summed E-state index contributed by atoms with van der Waals surface area (Å²) in [6, 6.07) is 5.53. The number of pyridine rings is 1. The van der Waals surface area contributed by atoms with Crippen LogP contribution in [0, 0.1) is 0 Å². The number of ketones is 1. The van der Waals surface area contributed by atoms with E-state index in [1.807, 2.05) is 12.1 Å². The Morgan fingerprint density at radius 3 is 1.95 bits per heavy atom. The third-order valence-corrected chi connectivity index (χ3v) is 3.96. The summed E-state index contributed by atoms with van der Waals surface area (Å²) in [6.07, 6.45) is 16.8. The zero-order valence-corrected chi connectivity index (χ0v) is 13.7. The van der Waals surface area contributed by atoms with Crippen molar-refractivity contribution in [1.82, 2.24) is 4.98 Å². The van der Waals surface area contributed by atoms with Gasteiger partial charge in [0.05, 0.1) is 0 Å². The summed E-state index contributed by atoms with van der Waals surface area (Å²) in [7, 11) is 0. The molecule has 2 heteroatoms. The van der Waals surface area contributed by atoms with Crippen molar-refractivity contribution in [3.63, 3.8) is 0 Å². The van der Waals surface area contributed by atoms with E-state index < -0.39 is 0 Å². The van der Waals surface area contributed by atoms with E-state index in [0.717, 1.165) is 6.42 Å². The Hall–Kier alpha value is -1.18. The van der Waals surface area contributed by atoms with Crippen LogP contribution in [0.25, 0.3) is 0 Å². The van der Waals surface area contributed by atoms with Crippen LogP contribution in [-0.4, -0.2) is 10.8 Å². The molecule has 1 aromatic rings. The summed E-state index contributed by atoms with van der Waals surface area (Å²) < 4.78 is 0. The molecule has 0 aromatic carbocycles. The number of carbonyl (C=O) groups is 1. The lowest BCUT2D eigenvalue weighted by Gasteiger charge is -2.02. The molecule has 0 amide bonds. The van der Waals surface area contributed by atoms with Crippen LogP contribution in [0.5, 0.6) is 0 Å². The highest BCUT2D eigenvalue weighted by molar-refractivity contribution is 5.94. The monoisotopic (exact) mass is 289 g/mol.